The number of anilines is 1. The third-order valence-electron chi connectivity index (χ3n) is 5.64. The summed E-state index contributed by atoms with van der Waals surface area (Å²) in [6, 6.07) is 2.16. The third-order valence-corrected chi connectivity index (χ3v) is 6.38. The number of rotatable bonds is 6. The van der Waals surface area contributed by atoms with E-state index in [1.807, 2.05) is 6.20 Å². The van der Waals surface area contributed by atoms with E-state index in [0.717, 1.165) is 53.6 Å². The number of nitrogens with zero attached hydrogens (tertiary/aromatic N) is 3. The maximum Gasteiger partial charge on any atom is 0.335 e. The number of hydrogen-bond donors (Lipinski definition) is 1. The molecule has 0 fully saturated rings. The van der Waals surface area contributed by atoms with Crippen LogP contribution in [0.25, 0.3) is 11.9 Å². The Morgan fingerprint density at radius 3 is 2.97 bits per heavy atom. The molecule has 5 rings (SSSR count). The summed E-state index contributed by atoms with van der Waals surface area (Å²) in [7, 11) is 3.40. The molecule has 0 saturated carbocycles. The van der Waals surface area contributed by atoms with Crippen LogP contribution in [0.4, 0.5) is 5.82 Å². The molecule has 1 N–H and O–H groups in total. The van der Waals surface area contributed by atoms with Crippen LogP contribution in [-0.4, -0.2) is 35.6 Å². The van der Waals surface area contributed by atoms with Crippen LogP contribution in [0.1, 0.15) is 18.4 Å². The molecule has 2 aromatic rings. The molecule has 0 radical (unpaired) electrons. The van der Waals surface area contributed by atoms with Crippen molar-refractivity contribution in [1.82, 2.24) is 10.2 Å². The molecule has 8 heteroatoms. The quantitative estimate of drug-likeness (QED) is 0.695. The second-order valence-electron chi connectivity index (χ2n) is 7.22. The number of hydroxylamine groups is 3. The Morgan fingerprint density at radius 1 is 1.30 bits per heavy atom. The van der Waals surface area contributed by atoms with Gasteiger partial charge in [-0.15, -0.1) is 17.5 Å². The SMILES string of the molecule is COC1=CC2=C(C=CCC2)C2=c3c(NCCc4ccsc4)nncc3=C[N+]12OC.Cl. The van der Waals surface area contributed by atoms with Crippen LogP contribution in [0.2, 0.25) is 0 Å². The molecule has 0 amide bonds. The summed E-state index contributed by atoms with van der Waals surface area (Å²) in [5.41, 5.74) is 4.82. The fourth-order valence-corrected chi connectivity index (χ4v) is 4.98. The summed E-state index contributed by atoms with van der Waals surface area (Å²) in [6.45, 7) is 0.789. The molecule has 2 aromatic heterocycles. The Labute approximate surface area is 185 Å². The molecule has 0 spiro atoms. The van der Waals surface area contributed by atoms with Gasteiger partial charge in [-0.2, -0.15) is 21.3 Å². The first kappa shape index (κ1) is 20.8. The Bertz CT molecular complexity index is 1170. The first-order valence-electron chi connectivity index (χ1n) is 9.72. The Hall–Kier alpha value is -2.45. The molecule has 0 aromatic carbocycles. The summed E-state index contributed by atoms with van der Waals surface area (Å²) in [4.78, 5) is 6.06. The first-order valence-corrected chi connectivity index (χ1v) is 10.7. The van der Waals surface area contributed by atoms with Crippen LogP contribution >= 0.6 is 23.7 Å². The van der Waals surface area contributed by atoms with Crippen LogP contribution < -0.4 is 15.8 Å². The van der Waals surface area contributed by atoms with E-state index in [4.69, 9.17) is 9.57 Å². The Morgan fingerprint density at radius 2 is 2.20 bits per heavy atom. The molecule has 3 aliphatic rings. The largest absolute Gasteiger partial charge is 0.452 e. The van der Waals surface area contributed by atoms with Gasteiger partial charge in [0.15, 0.2) is 17.7 Å². The van der Waals surface area contributed by atoms with E-state index in [2.05, 4.69) is 50.6 Å². The van der Waals surface area contributed by atoms with Gasteiger partial charge in [0.25, 0.3) is 0 Å². The summed E-state index contributed by atoms with van der Waals surface area (Å²) in [6.07, 6.45) is 13.3. The fraction of sp³-hybridized carbons (Fsp3) is 0.273. The van der Waals surface area contributed by atoms with Crippen molar-refractivity contribution in [3.8, 4) is 0 Å². The van der Waals surface area contributed by atoms with Crippen LogP contribution in [-0.2, 0) is 16.0 Å². The van der Waals surface area contributed by atoms with Crippen molar-refractivity contribution in [2.45, 2.75) is 19.3 Å². The normalized spacial score (nSPS) is 21.1. The van der Waals surface area contributed by atoms with Crippen molar-refractivity contribution in [3.05, 3.63) is 74.3 Å². The van der Waals surface area contributed by atoms with Gasteiger partial charge in [-0.25, -0.2) is 0 Å². The van der Waals surface area contributed by atoms with Gasteiger partial charge < -0.3 is 10.1 Å². The maximum atomic E-state index is 6.06. The molecule has 156 valence electrons. The van der Waals surface area contributed by atoms with Gasteiger partial charge in [0.1, 0.15) is 0 Å². The van der Waals surface area contributed by atoms with Crippen molar-refractivity contribution >= 4 is 41.5 Å². The molecule has 2 aliphatic heterocycles. The highest BCUT2D eigenvalue weighted by molar-refractivity contribution is 7.07. The number of fused-ring (bicyclic) bond motifs is 3. The number of ether oxygens (including phenoxy) is 1. The van der Waals surface area contributed by atoms with Crippen LogP contribution in [0, 0.1) is 0 Å². The Balaban J connectivity index is 0.00000218. The zero-order valence-corrected chi connectivity index (χ0v) is 18.6. The van der Waals surface area contributed by atoms with Gasteiger partial charge in [-0.1, -0.05) is 16.8 Å². The highest BCUT2D eigenvalue weighted by Crippen LogP contribution is 2.43. The lowest BCUT2D eigenvalue weighted by Crippen LogP contribution is -2.42. The van der Waals surface area contributed by atoms with Gasteiger partial charge in [-0.3, -0.25) is 0 Å². The predicted octanol–water partition coefficient (Wildman–Crippen LogP) is 3.00. The number of allylic oxidation sites excluding steroid dienone is 3. The molecule has 0 bridgehead atoms. The van der Waals surface area contributed by atoms with Gasteiger partial charge in [0.2, 0.25) is 0 Å². The third kappa shape index (κ3) is 3.18. The van der Waals surface area contributed by atoms with Gasteiger partial charge >= 0.3 is 5.88 Å². The fourth-order valence-electron chi connectivity index (χ4n) is 4.28. The predicted molar refractivity (Wildman–Crippen MR) is 121 cm³/mol. The minimum absolute atomic E-state index is 0. The van der Waals surface area contributed by atoms with Gasteiger partial charge in [0.05, 0.1) is 30.9 Å². The molecular weight excluding hydrogens is 420 g/mol. The topological polar surface area (TPSA) is 56.3 Å². The highest BCUT2D eigenvalue weighted by atomic mass is 35.5. The molecule has 4 heterocycles. The molecular formula is C22H24ClN4O2S+. The van der Waals surface area contributed by atoms with Crippen molar-refractivity contribution in [2.24, 2.45) is 0 Å². The van der Waals surface area contributed by atoms with E-state index in [0.29, 0.717) is 0 Å². The van der Waals surface area contributed by atoms with E-state index < -0.39 is 0 Å². The minimum atomic E-state index is 0. The number of thiophene rings is 1. The molecule has 6 nitrogen and oxygen atoms in total. The number of halogens is 1. The molecule has 1 aliphatic carbocycles. The van der Waals surface area contributed by atoms with E-state index in [1.54, 1.807) is 31.8 Å². The number of hydrogen-bond acceptors (Lipinski definition) is 6. The monoisotopic (exact) mass is 443 g/mol. The van der Waals surface area contributed by atoms with Crippen molar-refractivity contribution in [2.75, 3.05) is 26.1 Å². The average Bonchev–Trinajstić information content (AvgIpc) is 3.39. The van der Waals surface area contributed by atoms with E-state index in [9.17, 15) is 0 Å². The number of methoxy groups -OCH3 is 1. The van der Waals surface area contributed by atoms with E-state index >= 15 is 0 Å². The van der Waals surface area contributed by atoms with E-state index in [1.165, 1.54) is 16.7 Å². The maximum absolute atomic E-state index is 6.06. The molecule has 0 saturated heterocycles. The molecule has 1 unspecified atom stereocenters. The van der Waals surface area contributed by atoms with Crippen molar-refractivity contribution in [3.63, 3.8) is 0 Å². The lowest BCUT2D eigenvalue weighted by molar-refractivity contribution is -0.962. The van der Waals surface area contributed by atoms with Gasteiger partial charge in [0, 0.05) is 18.2 Å². The number of aromatic nitrogens is 2. The summed E-state index contributed by atoms with van der Waals surface area (Å²) >= 11 is 1.72. The lowest BCUT2D eigenvalue weighted by atomic mass is 9.91. The highest BCUT2D eigenvalue weighted by Gasteiger charge is 2.49. The summed E-state index contributed by atoms with van der Waals surface area (Å²) in [5.74, 6) is 1.53. The second-order valence-corrected chi connectivity index (χ2v) is 8.00. The Kier molecular flexibility index (Phi) is 5.79. The summed E-state index contributed by atoms with van der Waals surface area (Å²) in [5, 5.41) is 18.5. The smallest absolute Gasteiger partial charge is 0.335 e. The minimum Gasteiger partial charge on any atom is -0.452 e. The average molecular weight is 444 g/mol. The van der Waals surface area contributed by atoms with Crippen molar-refractivity contribution in [1.29, 1.82) is 0 Å². The number of quaternary nitrogens is 1. The van der Waals surface area contributed by atoms with E-state index in [-0.39, 0.29) is 17.1 Å². The number of nitrogens with one attached hydrogen (secondary N) is 1. The zero-order chi connectivity index (χ0) is 19.8. The standard InChI is InChI=1S/C22H23N4O2S.ClH/c1-27-19-11-16-5-3-4-6-18(16)21-20-17(13-26(19,21)28-2)12-24-25-22(20)23-9-7-15-8-10-29-14-15;/h4,6,8,10-14H,3,5,7,9H2,1-2H3,(H,23,25);1H/q+1;. The molecule has 1 atom stereocenters. The second kappa shape index (κ2) is 8.35. The summed E-state index contributed by atoms with van der Waals surface area (Å²) < 4.78 is 5.87. The van der Waals surface area contributed by atoms with Crippen LogP contribution in [0.5, 0.6) is 0 Å². The molecule has 30 heavy (non-hydrogen) atoms. The first-order chi connectivity index (χ1) is 14.3. The lowest BCUT2D eigenvalue weighted by Gasteiger charge is -2.34. The van der Waals surface area contributed by atoms with Crippen LogP contribution in [0.3, 0.4) is 0 Å². The van der Waals surface area contributed by atoms with Gasteiger partial charge in [-0.05, 0) is 47.2 Å². The zero-order valence-electron chi connectivity index (χ0n) is 16.9. The van der Waals surface area contributed by atoms with Crippen LogP contribution in [0.15, 0.2) is 58.3 Å². The van der Waals surface area contributed by atoms with Crippen molar-refractivity contribution < 1.29 is 14.2 Å².